The van der Waals surface area contributed by atoms with E-state index in [1.165, 1.54) is 6.07 Å². The molecule has 0 aliphatic carbocycles. The zero-order chi connectivity index (χ0) is 27.4. The van der Waals surface area contributed by atoms with E-state index < -0.39 is 0 Å². The van der Waals surface area contributed by atoms with Gasteiger partial charge >= 0.3 is 0 Å². The molecule has 1 aromatic heterocycles. The number of aromatic nitrogens is 1. The molecular formula is C30H33N3O6. The van der Waals surface area contributed by atoms with Gasteiger partial charge in [-0.05, 0) is 61.2 Å². The van der Waals surface area contributed by atoms with Crippen LogP contribution in [0.4, 0.5) is 0 Å². The Hall–Kier alpha value is -4.11. The lowest BCUT2D eigenvalue weighted by atomic mass is 10.00. The number of likely N-dealkylation sites (tertiary alicyclic amines) is 1. The predicted octanol–water partition coefficient (Wildman–Crippen LogP) is 3.53. The molecule has 9 heteroatoms. The van der Waals surface area contributed by atoms with E-state index in [0.717, 1.165) is 11.1 Å². The number of methoxy groups -OCH3 is 1. The fourth-order valence-electron chi connectivity index (χ4n) is 5.06. The van der Waals surface area contributed by atoms with E-state index in [1.54, 1.807) is 28.8 Å². The number of benzene rings is 2. The zero-order valence-corrected chi connectivity index (χ0v) is 22.2. The van der Waals surface area contributed by atoms with Gasteiger partial charge in [-0.1, -0.05) is 18.2 Å². The van der Waals surface area contributed by atoms with Gasteiger partial charge in [0.05, 0.1) is 25.9 Å². The Labute approximate surface area is 227 Å². The molecular weight excluding hydrogens is 498 g/mol. The Bertz CT molecular complexity index is 1420. The van der Waals surface area contributed by atoms with Gasteiger partial charge in [-0.25, -0.2) is 0 Å². The van der Waals surface area contributed by atoms with Crippen molar-refractivity contribution in [1.29, 1.82) is 0 Å². The highest BCUT2D eigenvalue weighted by Gasteiger charge is 2.34. The van der Waals surface area contributed by atoms with Gasteiger partial charge < -0.3 is 29.0 Å². The maximum Gasteiger partial charge on any atom is 0.254 e. The molecule has 9 nitrogen and oxygen atoms in total. The molecule has 4 bridgehead atoms. The number of nitrogens with zero attached hydrogens (tertiary/aromatic N) is 2. The van der Waals surface area contributed by atoms with Crippen molar-refractivity contribution in [3.05, 3.63) is 87.8 Å². The molecule has 0 saturated carbocycles. The second kappa shape index (κ2) is 11.7. The number of aryl methyl sites for hydroxylation is 2. The topological polar surface area (TPSA) is 99.1 Å². The fraction of sp³-hybridized carbons (Fsp3) is 0.367. The number of fused-ring (bicyclic) bond motifs is 5. The molecule has 2 amide bonds. The number of amides is 2. The molecule has 2 aromatic carbocycles. The first-order valence-corrected chi connectivity index (χ1v) is 13.3. The molecule has 3 aromatic rings. The quantitative estimate of drug-likeness (QED) is 0.555. The summed E-state index contributed by atoms with van der Waals surface area (Å²) in [5.41, 5.74) is 2.01. The summed E-state index contributed by atoms with van der Waals surface area (Å²) in [6.45, 7) is 3.50. The van der Waals surface area contributed by atoms with Crippen LogP contribution in [0.1, 0.15) is 41.3 Å². The number of hydrogen-bond donors (Lipinski definition) is 1. The molecule has 39 heavy (non-hydrogen) atoms. The summed E-state index contributed by atoms with van der Waals surface area (Å²) >= 11 is 0. The smallest absolute Gasteiger partial charge is 0.254 e. The minimum absolute atomic E-state index is 0.123. The molecule has 0 unspecified atom stereocenters. The Morgan fingerprint density at radius 3 is 2.74 bits per heavy atom. The van der Waals surface area contributed by atoms with Gasteiger partial charge in [-0.15, -0.1) is 0 Å². The van der Waals surface area contributed by atoms with Gasteiger partial charge in [-0.2, -0.15) is 0 Å². The lowest BCUT2D eigenvalue weighted by Crippen LogP contribution is -2.57. The van der Waals surface area contributed by atoms with Crippen LogP contribution in [-0.2, 0) is 29.1 Å². The average Bonchev–Trinajstić information content (AvgIpc) is 2.95. The molecule has 1 fully saturated rings. The molecule has 204 valence electrons. The first kappa shape index (κ1) is 26.5. The van der Waals surface area contributed by atoms with E-state index >= 15 is 0 Å². The Morgan fingerprint density at radius 1 is 1.08 bits per heavy atom. The number of ether oxygens (including phenoxy) is 3. The van der Waals surface area contributed by atoms with Gasteiger partial charge in [0.25, 0.3) is 11.5 Å². The van der Waals surface area contributed by atoms with Crippen LogP contribution in [0.5, 0.6) is 17.2 Å². The summed E-state index contributed by atoms with van der Waals surface area (Å²) in [4.78, 5) is 40.3. The number of piperidine rings is 1. The van der Waals surface area contributed by atoms with Crippen LogP contribution in [0.2, 0.25) is 0 Å². The van der Waals surface area contributed by atoms with Crippen LogP contribution in [0, 0.1) is 0 Å². The highest BCUT2D eigenvalue weighted by molar-refractivity contribution is 5.94. The molecule has 0 spiro atoms. The van der Waals surface area contributed by atoms with Crippen molar-refractivity contribution >= 4 is 11.8 Å². The molecule has 1 N–H and O–H groups in total. The van der Waals surface area contributed by atoms with Gasteiger partial charge in [0.15, 0.2) is 11.5 Å². The summed E-state index contributed by atoms with van der Waals surface area (Å²) in [5.74, 6) is 1.50. The van der Waals surface area contributed by atoms with Crippen molar-refractivity contribution in [3.63, 3.8) is 0 Å². The Kier molecular flexibility index (Phi) is 7.97. The van der Waals surface area contributed by atoms with E-state index in [4.69, 9.17) is 14.2 Å². The summed E-state index contributed by atoms with van der Waals surface area (Å²) in [5, 5.41) is 3.11. The third-order valence-corrected chi connectivity index (χ3v) is 7.23. The maximum atomic E-state index is 13.3. The molecule has 0 radical (unpaired) electrons. The largest absolute Gasteiger partial charge is 0.493 e. The van der Waals surface area contributed by atoms with Crippen LogP contribution in [0.3, 0.4) is 0 Å². The minimum atomic E-state index is -0.387. The number of carbonyl (C=O) groups is 2. The molecule has 2 atom stereocenters. The second-order valence-corrected chi connectivity index (χ2v) is 9.84. The summed E-state index contributed by atoms with van der Waals surface area (Å²) in [6.07, 6.45) is 2.70. The van der Waals surface area contributed by atoms with E-state index in [1.807, 2.05) is 49.4 Å². The standard InChI is InChI=1S/C30H33N3O6/c1-3-32-13-11-22(17-29(32)35)30(36)33-14-12-25-24(18-33)31-28(34)10-8-20-7-9-26(37-2)27(16-20)39-23-6-4-5-21(15-23)19-38-25/h4-7,9,11,13,15-17,24-25H,3,8,10,12,14,18-19H2,1-2H3,(H,31,34)/t24-,25+/m0/s1. The predicted molar refractivity (Wildman–Crippen MR) is 145 cm³/mol. The van der Waals surface area contributed by atoms with Gasteiger partial charge in [-0.3, -0.25) is 14.4 Å². The van der Waals surface area contributed by atoms with Gasteiger partial charge in [0.1, 0.15) is 5.75 Å². The summed E-state index contributed by atoms with van der Waals surface area (Å²) in [7, 11) is 1.59. The SMILES string of the molecule is CCn1ccc(C(=O)N2CC[C@H]3OCc4cccc(c4)Oc4cc(ccc4OC)CCC(=O)N[C@H]3C2)cc1=O. The third kappa shape index (κ3) is 6.15. The van der Waals surface area contributed by atoms with Crippen molar-refractivity contribution in [3.8, 4) is 17.2 Å². The highest BCUT2D eigenvalue weighted by atomic mass is 16.5. The van der Waals surface area contributed by atoms with Gasteiger partial charge in [0.2, 0.25) is 5.91 Å². The summed E-state index contributed by atoms with van der Waals surface area (Å²) in [6, 6.07) is 16.0. The molecule has 5 rings (SSSR count). The first-order chi connectivity index (χ1) is 18.9. The molecule has 3 heterocycles. The van der Waals surface area contributed by atoms with Crippen molar-refractivity contribution in [2.45, 2.75) is 51.5 Å². The van der Waals surface area contributed by atoms with Crippen LogP contribution >= 0.6 is 0 Å². The third-order valence-electron chi connectivity index (χ3n) is 7.23. The lowest BCUT2D eigenvalue weighted by Gasteiger charge is -2.39. The number of pyridine rings is 1. The second-order valence-electron chi connectivity index (χ2n) is 9.84. The van der Waals surface area contributed by atoms with E-state index in [0.29, 0.717) is 61.9 Å². The minimum Gasteiger partial charge on any atom is -0.493 e. The van der Waals surface area contributed by atoms with E-state index in [-0.39, 0.29) is 35.9 Å². The van der Waals surface area contributed by atoms with Crippen LogP contribution < -0.4 is 20.3 Å². The first-order valence-electron chi connectivity index (χ1n) is 13.3. The van der Waals surface area contributed by atoms with Crippen LogP contribution in [0.25, 0.3) is 0 Å². The Balaban J connectivity index is 1.38. The van der Waals surface area contributed by atoms with Crippen LogP contribution in [-0.4, -0.2) is 53.6 Å². The van der Waals surface area contributed by atoms with Crippen LogP contribution in [0.15, 0.2) is 65.6 Å². The van der Waals surface area contributed by atoms with Crippen molar-refractivity contribution in [2.24, 2.45) is 0 Å². The van der Waals surface area contributed by atoms with Crippen molar-refractivity contribution < 1.29 is 23.8 Å². The number of nitrogens with one attached hydrogen (secondary N) is 1. The zero-order valence-electron chi connectivity index (χ0n) is 22.2. The number of carbonyl (C=O) groups excluding carboxylic acids is 2. The average molecular weight is 532 g/mol. The molecule has 1 saturated heterocycles. The molecule has 2 aliphatic rings. The highest BCUT2D eigenvalue weighted by Crippen LogP contribution is 2.33. The monoisotopic (exact) mass is 531 g/mol. The number of hydrogen-bond acceptors (Lipinski definition) is 6. The van der Waals surface area contributed by atoms with E-state index in [2.05, 4.69) is 5.32 Å². The normalized spacial score (nSPS) is 19.5. The van der Waals surface area contributed by atoms with Crippen molar-refractivity contribution in [1.82, 2.24) is 14.8 Å². The lowest BCUT2D eigenvalue weighted by molar-refractivity contribution is -0.124. The number of rotatable bonds is 3. The Morgan fingerprint density at radius 2 is 1.95 bits per heavy atom. The fourth-order valence-corrected chi connectivity index (χ4v) is 5.06. The van der Waals surface area contributed by atoms with Crippen molar-refractivity contribution in [2.75, 3.05) is 20.2 Å². The van der Waals surface area contributed by atoms with E-state index in [9.17, 15) is 14.4 Å². The van der Waals surface area contributed by atoms with Gasteiger partial charge in [0, 0.05) is 43.9 Å². The molecule has 2 aliphatic heterocycles. The maximum absolute atomic E-state index is 13.3. The summed E-state index contributed by atoms with van der Waals surface area (Å²) < 4.78 is 19.5.